The molecule has 3 nitrogen and oxygen atoms in total. The summed E-state index contributed by atoms with van der Waals surface area (Å²) in [6.07, 6.45) is 3.05. The highest BCUT2D eigenvalue weighted by Crippen LogP contribution is 2.27. The fourth-order valence-corrected chi connectivity index (χ4v) is 1.57. The fourth-order valence-electron chi connectivity index (χ4n) is 1.57. The zero-order valence-corrected chi connectivity index (χ0v) is 10.1. The molecule has 92 valence electrons. The molecule has 0 bridgehead atoms. The molecule has 0 amide bonds. The summed E-state index contributed by atoms with van der Waals surface area (Å²) in [5.74, 6) is -0.760. The summed E-state index contributed by atoms with van der Waals surface area (Å²) < 4.78 is 0. The monoisotopic (exact) mass is 234 g/mol. The van der Waals surface area contributed by atoms with Crippen LogP contribution < -0.4 is 0 Å². The molecule has 0 aliphatic rings. The average Bonchev–Trinajstić information content (AvgIpc) is 2.27. The Balaban J connectivity index is 3.06. The summed E-state index contributed by atoms with van der Waals surface area (Å²) in [7, 11) is 0. The van der Waals surface area contributed by atoms with Gasteiger partial charge in [-0.15, -0.1) is 0 Å². The van der Waals surface area contributed by atoms with Crippen molar-refractivity contribution in [3.8, 4) is 0 Å². The second kappa shape index (κ2) is 5.64. The lowest BCUT2D eigenvalue weighted by Gasteiger charge is -2.23. The van der Waals surface area contributed by atoms with Crippen LogP contribution in [-0.4, -0.2) is 16.2 Å². The number of carboxylic acids is 1. The molecular formula is C14H18O3. The number of aliphatic hydroxyl groups is 1. The van der Waals surface area contributed by atoms with E-state index in [4.69, 9.17) is 5.11 Å². The predicted molar refractivity (Wildman–Crippen MR) is 66.6 cm³/mol. The van der Waals surface area contributed by atoms with Crippen molar-refractivity contribution in [3.63, 3.8) is 0 Å². The third-order valence-corrected chi connectivity index (χ3v) is 2.45. The van der Waals surface area contributed by atoms with Crippen LogP contribution in [0.1, 0.15) is 25.8 Å². The minimum Gasteiger partial charge on any atom is -0.481 e. The van der Waals surface area contributed by atoms with Crippen LogP contribution in [0.15, 0.2) is 42.5 Å². The van der Waals surface area contributed by atoms with E-state index in [-0.39, 0.29) is 12.3 Å². The number of carbonyl (C=O) groups is 1. The summed E-state index contributed by atoms with van der Waals surface area (Å²) in [5, 5.41) is 19.3. The summed E-state index contributed by atoms with van der Waals surface area (Å²) in [6, 6.07) is 8.86. The van der Waals surface area contributed by atoms with Gasteiger partial charge in [0.05, 0.1) is 6.42 Å². The largest absolute Gasteiger partial charge is 0.481 e. The van der Waals surface area contributed by atoms with Gasteiger partial charge in [0.1, 0.15) is 5.60 Å². The first-order chi connectivity index (χ1) is 7.94. The molecule has 1 unspecified atom stereocenters. The topological polar surface area (TPSA) is 57.5 Å². The van der Waals surface area contributed by atoms with Gasteiger partial charge >= 0.3 is 5.97 Å². The quantitative estimate of drug-likeness (QED) is 0.770. The Hall–Kier alpha value is -1.61. The van der Waals surface area contributed by atoms with E-state index in [1.807, 2.05) is 26.0 Å². The van der Waals surface area contributed by atoms with E-state index in [0.717, 1.165) is 0 Å². The molecule has 3 heteroatoms. The van der Waals surface area contributed by atoms with Crippen molar-refractivity contribution in [3.05, 3.63) is 48.0 Å². The van der Waals surface area contributed by atoms with Crippen LogP contribution in [0.5, 0.6) is 0 Å². The minimum atomic E-state index is -1.43. The van der Waals surface area contributed by atoms with E-state index in [9.17, 15) is 9.90 Å². The fraction of sp³-hybridized carbons (Fsp3) is 0.357. The van der Waals surface area contributed by atoms with Crippen molar-refractivity contribution in [2.24, 2.45) is 5.92 Å². The van der Waals surface area contributed by atoms with E-state index >= 15 is 0 Å². The second-order valence-corrected chi connectivity index (χ2v) is 4.46. The number of hydrogen-bond donors (Lipinski definition) is 2. The van der Waals surface area contributed by atoms with Gasteiger partial charge in [0.25, 0.3) is 0 Å². The Morgan fingerprint density at radius 2 is 1.94 bits per heavy atom. The second-order valence-electron chi connectivity index (χ2n) is 4.46. The number of aliphatic carboxylic acids is 1. The molecule has 17 heavy (non-hydrogen) atoms. The Morgan fingerprint density at radius 3 is 2.41 bits per heavy atom. The molecule has 0 spiro atoms. The zero-order valence-electron chi connectivity index (χ0n) is 10.1. The lowest BCUT2D eigenvalue weighted by molar-refractivity contribution is -0.141. The number of carboxylic acid groups (broad SMARTS) is 1. The van der Waals surface area contributed by atoms with Crippen LogP contribution in [0.25, 0.3) is 0 Å². The zero-order chi connectivity index (χ0) is 12.9. The van der Waals surface area contributed by atoms with Crippen LogP contribution in [0.4, 0.5) is 0 Å². The predicted octanol–water partition coefficient (Wildman–Crippen LogP) is 2.56. The van der Waals surface area contributed by atoms with E-state index in [1.165, 1.54) is 0 Å². The van der Waals surface area contributed by atoms with Crippen molar-refractivity contribution in [1.29, 1.82) is 0 Å². The molecule has 1 aromatic rings. The molecule has 0 fully saturated rings. The van der Waals surface area contributed by atoms with E-state index < -0.39 is 11.6 Å². The van der Waals surface area contributed by atoms with Gasteiger partial charge in [-0.1, -0.05) is 56.3 Å². The molecule has 0 heterocycles. The van der Waals surface area contributed by atoms with Crippen molar-refractivity contribution in [2.45, 2.75) is 25.9 Å². The van der Waals surface area contributed by atoms with Gasteiger partial charge in [-0.3, -0.25) is 4.79 Å². The maximum atomic E-state index is 10.8. The molecule has 0 aromatic heterocycles. The van der Waals surface area contributed by atoms with Crippen molar-refractivity contribution >= 4 is 5.97 Å². The standard InChI is InChI=1S/C14H18O3/c1-11(2)8-9-14(17,10-13(15)16)12-6-4-3-5-7-12/h3-9,11,17H,10H2,1-2H3,(H,15,16)/b9-8+. The highest BCUT2D eigenvalue weighted by atomic mass is 16.4. The Morgan fingerprint density at radius 1 is 1.35 bits per heavy atom. The molecule has 1 rings (SSSR count). The molecule has 1 atom stereocenters. The van der Waals surface area contributed by atoms with E-state index in [0.29, 0.717) is 5.56 Å². The first-order valence-corrected chi connectivity index (χ1v) is 5.63. The maximum absolute atomic E-state index is 10.8. The summed E-state index contributed by atoms with van der Waals surface area (Å²) >= 11 is 0. The van der Waals surface area contributed by atoms with Crippen molar-refractivity contribution in [1.82, 2.24) is 0 Å². The van der Waals surface area contributed by atoms with Gasteiger partial charge in [-0.05, 0) is 11.5 Å². The normalized spacial score (nSPS) is 15.1. The van der Waals surface area contributed by atoms with Gasteiger partial charge in [-0.2, -0.15) is 0 Å². The number of allylic oxidation sites excluding steroid dienone is 1. The number of hydrogen-bond acceptors (Lipinski definition) is 2. The van der Waals surface area contributed by atoms with Crippen LogP contribution in [0, 0.1) is 5.92 Å². The Kier molecular flexibility index (Phi) is 4.46. The van der Waals surface area contributed by atoms with Gasteiger partial charge < -0.3 is 10.2 Å². The van der Waals surface area contributed by atoms with Crippen molar-refractivity contribution in [2.75, 3.05) is 0 Å². The maximum Gasteiger partial charge on any atom is 0.306 e. The number of benzene rings is 1. The van der Waals surface area contributed by atoms with Crippen molar-refractivity contribution < 1.29 is 15.0 Å². The third-order valence-electron chi connectivity index (χ3n) is 2.45. The molecule has 0 aliphatic carbocycles. The highest BCUT2D eigenvalue weighted by molar-refractivity contribution is 5.69. The summed E-state index contributed by atoms with van der Waals surface area (Å²) in [4.78, 5) is 10.8. The lowest BCUT2D eigenvalue weighted by Crippen LogP contribution is -2.26. The minimum absolute atomic E-state index is 0.263. The Bertz CT molecular complexity index is 395. The van der Waals surface area contributed by atoms with Crippen LogP contribution in [-0.2, 0) is 10.4 Å². The lowest BCUT2D eigenvalue weighted by atomic mass is 9.89. The molecule has 2 N–H and O–H groups in total. The first kappa shape index (κ1) is 13.5. The Labute approximate surface area is 101 Å². The summed E-state index contributed by atoms with van der Waals surface area (Å²) in [5.41, 5.74) is -0.837. The van der Waals surface area contributed by atoms with Gasteiger partial charge in [0.15, 0.2) is 0 Å². The molecule has 0 aliphatic heterocycles. The van der Waals surface area contributed by atoms with Crippen LogP contribution in [0.3, 0.4) is 0 Å². The van der Waals surface area contributed by atoms with E-state index in [2.05, 4.69) is 0 Å². The van der Waals surface area contributed by atoms with Gasteiger partial charge in [-0.25, -0.2) is 0 Å². The third kappa shape index (κ3) is 4.04. The smallest absolute Gasteiger partial charge is 0.306 e. The van der Waals surface area contributed by atoms with E-state index in [1.54, 1.807) is 30.3 Å². The average molecular weight is 234 g/mol. The highest BCUT2D eigenvalue weighted by Gasteiger charge is 2.29. The molecule has 0 saturated carbocycles. The van der Waals surface area contributed by atoms with Crippen LogP contribution in [0.2, 0.25) is 0 Å². The summed E-state index contributed by atoms with van der Waals surface area (Å²) in [6.45, 7) is 3.95. The number of rotatable bonds is 5. The SMILES string of the molecule is CC(C)/C=C/C(O)(CC(=O)O)c1ccccc1. The van der Waals surface area contributed by atoms with Gasteiger partial charge in [0.2, 0.25) is 0 Å². The first-order valence-electron chi connectivity index (χ1n) is 5.63. The van der Waals surface area contributed by atoms with Crippen LogP contribution >= 0.6 is 0 Å². The molecule has 0 radical (unpaired) electrons. The molecule has 0 saturated heterocycles. The molecule has 1 aromatic carbocycles. The molecular weight excluding hydrogens is 216 g/mol. The van der Waals surface area contributed by atoms with Gasteiger partial charge in [0, 0.05) is 0 Å².